The van der Waals surface area contributed by atoms with Gasteiger partial charge in [-0.25, -0.2) is 4.79 Å². The van der Waals surface area contributed by atoms with Crippen molar-refractivity contribution in [1.82, 2.24) is 5.43 Å². The summed E-state index contributed by atoms with van der Waals surface area (Å²) >= 11 is 5.20. The second-order valence-electron chi connectivity index (χ2n) is 6.22. The quantitative estimate of drug-likeness (QED) is 0.189. The van der Waals surface area contributed by atoms with Crippen molar-refractivity contribution in [3.63, 3.8) is 0 Å². The summed E-state index contributed by atoms with van der Waals surface area (Å²) in [5, 5.41) is 7.50. The number of nitrogens with zero attached hydrogens (tertiary/aromatic N) is 1. The first-order chi connectivity index (χ1) is 15.1. The van der Waals surface area contributed by atoms with Crippen molar-refractivity contribution >= 4 is 35.2 Å². The van der Waals surface area contributed by atoms with Crippen molar-refractivity contribution in [2.75, 3.05) is 19.5 Å². The topological polar surface area (TPSA) is 81.2 Å². The van der Waals surface area contributed by atoms with Crippen molar-refractivity contribution in [2.24, 2.45) is 5.10 Å². The molecule has 31 heavy (non-hydrogen) atoms. The number of benzene rings is 3. The number of para-hydroxylation sites is 1. The van der Waals surface area contributed by atoms with E-state index in [4.69, 9.17) is 26.4 Å². The molecular formula is C23H21N3O4S. The predicted octanol–water partition coefficient (Wildman–Crippen LogP) is 4.24. The summed E-state index contributed by atoms with van der Waals surface area (Å²) < 4.78 is 15.9. The molecule has 7 nitrogen and oxygen atoms in total. The van der Waals surface area contributed by atoms with Crippen LogP contribution in [0.2, 0.25) is 0 Å². The average molecular weight is 436 g/mol. The van der Waals surface area contributed by atoms with E-state index in [1.165, 1.54) is 7.11 Å². The maximum absolute atomic E-state index is 12.4. The van der Waals surface area contributed by atoms with Gasteiger partial charge in [0.2, 0.25) is 0 Å². The van der Waals surface area contributed by atoms with E-state index in [2.05, 4.69) is 15.8 Å². The highest BCUT2D eigenvalue weighted by Crippen LogP contribution is 2.28. The number of hydrazone groups is 1. The van der Waals surface area contributed by atoms with Crippen LogP contribution in [0.3, 0.4) is 0 Å². The molecule has 0 aromatic heterocycles. The molecule has 0 saturated carbocycles. The Hall–Kier alpha value is -3.91. The van der Waals surface area contributed by atoms with Crippen molar-refractivity contribution in [2.45, 2.75) is 0 Å². The minimum atomic E-state index is -0.499. The Bertz CT molecular complexity index is 1070. The molecule has 3 aromatic rings. The van der Waals surface area contributed by atoms with E-state index >= 15 is 0 Å². The number of esters is 1. The van der Waals surface area contributed by atoms with Crippen LogP contribution in [0, 0.1) is 0 Å². The van der Waals surface area contributed by atoms with Gasteiger partial charge < -0.3 is 19.5 Å². The molecule has 0 saturated heterocycles. The van der Waals surface area contributed by atoms with Crippen LogP contribution in [0.4, 0.5) is 5.69 Å². The van der Waals surface area contributed by atoms with Crippen LogP contribution >= 0.6 is 12.2 Å². The van der Waals surface area contributed by atoms with Crippen molar-refractivity contribution in [1.29, 1.82) is 0 Å². The summed E-state index contributed by atoms with van der Waals surface area (Å²) in [6, 6.07) is 21.3. The van der Waals surface area contributed by atoms with Gasteiger partial charge in [-0.2, -0.15) is 5.10 Å². The zero-order valence-corrected chi connectivity index (χ0v) is 17.8. The number of hydrogen-bond acceptors (Lipinski definition) is 6. The number of methoxy groups -OCH3 is 2. The highest BCUT2D eigenvalue weighted by Gasteiger charge is 2.13. The third-order valence-corrected chi connectivity index (χ3v) is 4.32. The molecule has 0 aliphatic heterocycles. The van der Waals surface area contributed by atoms with Gasteiger partial charge in [0.15, 0.2) is 16.6 Å². The molecule has 0 aliphatic rings. The average Bonchev–Trinajstić information content (AvgIpc) is 2.80. The number of thiocarbonyl (C=S) groups is 1. The zero-order chi connectivity index (χ0) is 22.1. The van der Waals surface area contributed by atoms with Gasteiger partial charge in [0, 0.05) is 5.69 Å². The van der Waals surface area contributed by atoms with E-state index in [0.717, 1.165) is 11.3 Å². The maximum Gasteiger partial charge on any atom is 0.343 e. The van der Waals surface area contributed by atoms with Crippen LogP contribution < -0.4 is 25.0 Å². The number of nitrogens with one attached hydrogen (secondary N) is 2. The minimum Gasteiger partial charge on any atom is -0.497 e. The molecular weight excluding hydrogens is 414 g/mol. The van der Waals surface area contributed by atoms with Crippen molar-refractivity contribution < 1.29 is 19.0 Å². The lowest BCUT2D eigenvalue weighted by molar-refractivity contribution is 0.0729. The van der Waals surface area contributed by atoms with Gasteiger partial charge >= 0.3 is 5.97 Å². The first-order valence-electron chi connectivity index (χ1n) is 9.28. The van der Waals surface area contributed by atoms with E-state index in [1.807, 2.05) is 30.3 Å². The Balaban J connectivity index is 1.61. The van der Waals surface area contributed by atoms with E-state index in [9.17, 15) is 4.79 Å². The summed E-state index contributed by atoms with van der Waals surface area (Å²) in [5.41, 5.74) is 4.74. The van der Waals surface area contributed by atoms with E-state index in [1.54, 1.807) is 55.8 Å². The molecule has 2 N–H and O–H groups in total. The molecule has 0 atom stereocenters. The van der Waals surface area contributed by atoms with Gasteiger partial charge in [0.25, 0.3) is 0 Å². The third-order valence-electron chi connectivity index (χ3n) is 4.13. The molecule has 0 spiro atoms. The van der Waals surface area contributed by atoms with Gasteiger partial charge in [-0.05, 0) is 72.4 Å². The van der Waals surface area contributed by atoms with Crippen molar-refractivity contribution in [3.05, 3.63) is 83.9 Å². The molecule has 0 heterocycles. The number of anilines is 1. The molecule has 0 aliphatic carbocycles. The SMILES string of the molecule is COc1ccc(C(=O)Oc2ccc(/C=N\NC(=S)Nc3ccccc3)cc2OC)cc1. The molecule has 158 valence electrons. The Labute approximate surface area is 185 Å². The van der Waals surface area contributed by atoms with Crippen LogP contribution in [0.1, 0.15) is 15.9 Å². The Kier molecular flexibility index (Phi) is 7.56. The maximum atomic E-state index is 12.4. The van der Waals surface area contributed by atoms with Crippen LogP contribution in [-0.4, -0.2) is 31.5 Å². The highest BCUT2D eigenvalue weighted by molar-refractivity contribution is 7.80. The molecule has 3 aromatic carbocycles. The fraction of sp³-hybridized carbons (Fsp3) is 0.0870. The number of carbonyl (C=O) groups excluding carboxylic acids is 1. The normalized spacial score (nSPS) is 10.4. The molecule has 0 fully saturated rings. The number of hydrogen-bond donors (Lipinski definition) is 2. The fourth-order valence-electron chi connectivity index (χ4n) is 2.58. The van der Waals surface area contributed by atoms with Crippen LogP contribution in [-0.2, 0) is 0 Å². The van der Waals surface area contributed by atoms with Crippen molar-refractivity contribution in [3.8, 4) is 17.2 Å². The Morgan fingerprint density at radius 1 is 0.935 bits per heavy atom. The van der Waals surface area contributed by atoms with Crippen LogP contribution in [0.25, 0.3) is 0 Å². The summed E-state index contributed by atoms with van der Waals surface area (Å²) in [4.78, 5) is 12.4. The number of ether oxygens (including phenoxy) is 3. The summed E-state index contributed by atoms with van der Waals surface area (Å²) in [7, 11) is 3.06. The summed E-state index contributed by atoms with van der Waals surface area (Å²) in [5.74, 6) is 0.858. The van der Waals surface area contributed by atoms with Crippen LogP contribution in [0.5, 0.6) is 17.2 Å². The molecule has 0 bridgehead atoms. The third kappa shape index (κ3) is 6.28. The lowest BCUT2D eigenvalue weighted by Gasteiger charge is -2.10. The molecule has 0 unspecified atom stereocenters. The fourth-order valence-corrected chi connectivity index (χ4v) is 2.75. The largest absolute Gasteiger partial charge is 0.497 e. The Morgan fingerprint density at radius 2 is 1.68 bits per heavy atom. The number of rotatable bonds is 7. The summed E-state index contributed by atoms with van der Waals surface area (Å²) in [6.45, 7) is 0. The first kappa shape index (κ1) is 21.8. The number of carbonyl (C=O) groups is 1. The standard InChI is InChI=1S/C23H21N3O4S/c1-28-19-11-9-17(10-12-19)22(27)30-20-13-8-16(14-21(20)29-2)15-24-26-23(31)25-18-6-4-3-5-7-18/h3-15H,1-2H3,(H2,25,26,31)/b24-15-. The monoisotopic (exact) mass is 435 g/mol. The van der Waals surface area contributed by atoms with E-state index in [-0.39, 0.29) is 0 Å². The molecule has 3 rings (SSSR count). The second-order valence-corrected chi connectivity index (χ2v) is 6.63. The van der Waals surface area contributed by atoms with Crippen LogP contribution in [0.15, 0.2) is 77.9 Å². The van der Waals surface area contributed by atoms with Gasteiger partial charge in [-0.15, -0.1) is 0 Å². The van der Waals surface area contributed by atoms with E-state index in [0.29, 0.717) is 27.9 Å². The molecule has 0 radical (unpaired) electrons. The predicted molar refractivity (Wildman–Crippen MR) is 124 cm³/mol. The van der Waals surface area contributed by atoms with Gasteiger partial charge in [-0.3, -0.25) is 5.43 Å². The summed E-state index contributed by atoms with van der Waals surface area (Å²) in [6.07, 6.45) is 1.58. The molecule has 0 amide bonds. The Morgan fingerprint density at radius 3 is 2.35 bits per heavy atom. The van der Waals surface area contributed by atoms with Gasteiger partial charge in [-0.1, -0.05) is 18.2 Å². The smallest absolute Gasteiger partial charge is 0.343 e. The highest BCUT2D eigenvalue weighted by atomic mass is 32.1. The molecule has 8 heteroatoms. The van der Waals surface area contributed by atoms with Gasteiger partial charge in [0.1, 0.15) is 5.75 Å². The second kappa shape index (κ2) is 10.7. The lowest BCUT2D eigenvalue weighted by Crippen LogP contribution is -2.23. The lowest BCUT2D eigenvalue weighted by atomic mass is 10.2. The van der Waals surface area contributed by atoms with E-state index < -0.39 is 5.97 Å². The zero-order valence-electron chi connectivity index (χ0n) is 17.0. The van der Waals surface area contributed by atoms with Gasteiger partial charge in [0.05, 0.1) is 26.0 Å². The first-order valence-corrected chi connectivity index (χ1v) is 9.69. The minimum absolute atomic E-state index is 0.301.